The lowest BCUT2D eigenvalue weighted by Crippen LogP contribution is -2.19. The molecule has 0 fully saturated rings. The molecule has 0 aliphatic carbocycles. The average Bonchev–Trinajstić information content (AvgIpc) is 2.60. The van der Waals surface area contributed by atoms with Crippen LogP contribution in [0.5, 0.6) is 5.75 Å². The molecule has 0 spiro atoms. The second-order valence-corrected chi connectivity index (χ2v) is 5.94. The standard InChI is InChI=1S/C19H23N3O2/c1-14(2)10-12-24-18-8-6-16(7-9-18)19(23)22-21-15(3)17-5-4-11-20-13-17/h4-9,11,13-14H,10,12H2,1-3H3,(H,22,23)/b21-15-. The quantitative estimate of drug-likeness (QED) is 0.624. The smallest absolute Gasteiger partial charge is 0.271 e. The molecule has 0 aliphatic rings. The monoisotopic (exact) mass is 325 g/mol. The molecule has 0 aliphatic heterocycles. The Bertz CT molecular complexity index is 680. The Morgan fingerprint density at radius 2 is 1.96 bits per heavy atom. The number of hydrazone groups is 1. The number of amides is 1. The predicted molar refractivity (Wildman–Crippen MR) is 95.3 cm³/mol. The number of nitrogens with one attached hydrogen (secondary N) is 1. The first kappa shape index (κ1) is 17.7. The molecule has 24 heavy (non-hydrogen) atoms. The number of hydrogen-bond acceptors (Lipinski definition) is 4. The largest absolute Gasteiger partial charge is 0.494 e. The summed E-state index contributed by atoms with van der Waals surface area (Å²) in [7, 11) is 0. The minimum absolute atomic E-state index is 0.257. The van der Waals surface area contributed by atoms with Gasteiger partial charge in [0.2, 0.25) is 0 Å². The predicted octanol–water partition coefficient (Wildman–Crippen LogP) is 3.66. The molecule has 0 bridgehead atoms. The Kier molecular flexibility index (Phi) is 6.49. The topological polar surface area (TPSA) is 63.6 Å². The van der Waals surface area contributed by atoms with Crippen molar-refractivity contribution in [3.8, 4) is 5.75 Å². The molecule has 126 valence electrons. The second kappa shape index (κ2) is 8.82. The molecule has 1 heterocycles. The van der Waals surface area contributed by atoms with E-state index in [0.29, 0.717) is 23.8 Å². The van der Waals surface area contributed by atoms with Crippen LogP contribution in [0.1, 0.15) is 43.1 Å². The number of carbonyl (C=O) groups is 1. The van der Waals surface area contributed by atoms with E-state index in [1.807, 2.05) is 19.1 Å². The zero-order valence-corrected chi connectivity index (χ0v) is 14.3. The number of rotatable bonds is 7. The summed E-state index contributed by atoms with van der Waals surface area (Å²) in [6.45, 7) is 6.82. The van der Waals surface area contributed by atoms with Gasteiger partial charge >= 0.3 is 0 Å². The highest BCUT2D eigenvalue weighted by atomic mass is 16.5. The van der Waals surface area contributed by atoms with Crippen LogP contribution in [0.25, 0.3) is 0 Å². The van der Waals surface area contributed by atoms with E-state index in [1.54, 1.807) is 36.7 Å². The molecule has 1 aromatic carbocycles. The minimum atomic E-state index is -0.257. The van der Waals surface area contributed by atoms with Gasteiger partial charge in [0.25, 0.3) is 5.91 Å². The van der Waals surface area contributed by atoms with Crippen molar-refractivity contribution in [1.29, 1.82) is 0 Å². The van der Waals surface area contributed by atoms with Gasteiger partial charge < -0.3 is 4.74 Å². The number of pyridine rings is 1. The van der Waals surface area contributed by atoms with Crippen molar-refractivity contribution in [1.82, 2.24) is 10.4 Å². The Morgan fingerprint density at radius 3 is 2.58 bits per heavy atom. The first-order valence-corrected chi connectivity index (χ1v) is 8.04. The molecule has 0 unspecified atom stereocenters. The summed E-state index contributed by atoms with van der Waals surface area (Å²) in [5.41, 5.74) is 4.66. The third-order valence-electron chi connectivity index (χ3n) is 3.48. The lowest BCUT2D eigenvalue weighted by atomic mass is 10.1. The number of aromatic nitrogens is 1. The third-order valence-corrected chi connectivity index (χ3v) is 3.48. The van der Waals surface area contributed by atoms with Gasteiger partial charge in [0, 0.05) is 23.5 Å². The maximum atomic E-state index is 12.1. The van der Waals surface area contributed by atoms with Crippen LogP contribution >= 0.6 is 0 Å². The van der Waals surface area contributed by atoms with Crippen LogP contribution in [0.3, 0.4) is 0 Å². The van der Waals surface area contributed by atoms with Gasteiger partial charge in [-0.2, -0.15) is 5.10 Å². The SMILES string of the molecule is C/C(=N/NC(=O)c1ccc(OCCC(C)C)cc1)c1cccnc1. The van der Waals surface area contributed by atoms with Crippen molar-refractivity contribution in [2.75, 3.05) is 6.61 Å². The Hall–Kier alpha value is -2.69. The summed E-state index contributed by atoms with van der Waals surface area (Å²) in [6, 6.07) is 10.8. The summed E-state index contributed by atoms with van der Waals surface area (Å²) in [4.78, 5) is 16.1. The summed E-state index contributed by atoms with van der Waals surface area (Å²) in [5.74, 6) is 1.12. The molecule has 2 rings (SSSR count). The average molecular weight is 325 g/mol. The molecule has 1 amide bonds. The van der Waals surface area contributed by atoms with Crippen molar-refractivity contribution in [3.63, 3.8) is 0 Å². The highest BCUT2D eigenvalue weighted by Gasteiger charge is 2.06. The van der Waals surface area contributed by atoms with Gasteiger partial charge in [-0.1, -0.05) is 19.9 Å². The van der Waals surface area contributed by atoms with Gasteiger partial charge in [-0.05, 0) is 49.6 Å². The first-order chi connectivity index (χ1) is 11.6. The molecular formula is C19H23N3O2. The highest BCUT2D eigenvalue weighted by Crippen LogP contribution is 2.13. The van der Waals surface area contributed by atoms with Crippen LogP contribution in [0.4, 0.5) is 0 Å². The van der Waals surface area contributed by atoms with Crippen molar-refractivity contribution < 1.29 is 9.53 Å². The van der Waals surface area contributed by atoms with Crippen LogP contribution in [-0.4, -0.2) is 23.2 Å². The van der Waals surface area contributed by atoms with E-state index in [1.165, 1.54) is 0 Å². The van der Waals surface area contributed by atoms with E-state index in [-0.39, 0.29) is 5.91 Å². The van der Waals surface area contributed by atoms with E-state index >= 15 is 0 Å². The van der Waals surface area contributed by atoms with Crippen molar-refractivity contribution in [3.05, 3.63) is 59.9 Å². The molecular weight excluding hydrogens is 302 g/mol. The van der Waals surface area contributed by atoms with Gasteiger partial charge in [-0.25, -0.2) is 5.43 Å². The fraction of sp³-hybridized carbons (Fsp3) is 0.316. The minimum Gasteiger partial charge on any atom is -0.494 e. The molecule has 1 N–H and O–H groups in total. The zero-order chi connectivity index (χ0) is 17.4. The molecule has 0 saturated heterocycles. The van der Waals surface area contributed by atoms with E-state index in [9.17, 15) is 4.79 Å². The molecule has 0 saturated carbocycles. The summed E-state index contributed by atoms with van der Waals surface area (Å²) in [6.07, 6.45) is 4.40. The van der Waals surface area contributed by atoms with Gasteiger partial charge in [0.1, 0.15) is 5.75 Å². The summed E-state index contributed by atoms with van der Waals surface area (Å²) >= 11 is 0. The fourth-order valence-electron chi connectivity index (χ4n) is 1.96. The maximum absolute atomic E-state index is 12.1. The van der Waals surface area contributed by atoms with Crippen molar-refractivity contribution >= 4 is 11.6 Å². The molecule has 5 nitrogen and oxygen atoms in total. The van der Waals surface area contributed by atoms with Gasteiger partial charge in [0.15, 0.2) is 0 Å². The van der Waals surface area contributed by atoms with Crippen molar-refractivity contribution in [2.45, 2.75) is 27.2 Å². The van der Waals surface area contributed by atoms with Crippen LogP contribution in [-0.2, 0) is 0 Å². The van der Waals surface area contributed by atoms with Crippen LogP contribution in [0.2, 0.25) is 0 Å². The number of carbonyl (C=O) groups excluding carboxylic acids is 1. The number of benzene rings is 1. The first-order valence-electron chi connectivity index (χ1n) is 8.04. The van der Waals surface area contributed by atoms with E-state index < -0.39 is 0 Å². The van der Waals surface area contributed by atoms with Gasteiger partial charge in [-0.3, -0.25) is 9.78 Å². The Morgan fingerprint density at radius 1 is 1.21 bits per heavy atom. The zero-order valence-electron chi connectivity index (χ0n) is 14.3. The van der Waals surface area contributed by atoms with Crippen molar-refractivity contribution in [2.24, 2.45) is 11.0 Å². The maximum Gasteiger partial charge on any atom is 0.271 e. The molecule has 0 radical (unpaired) electrons. The van der Waals surface area contributed by atoms with E-state index in [2.05, 4.69) is 29.4 Å². The van der Waals surface area contributed by atoms with Crippen LogP contribution in [0, 0.1) is 5.92 Å². The number of hydrogen-bond donors (Lipinski definition) is 1. The van der Waals surface area contributed by atoms with Crippen LogP contribution < -0.4 is 10.2 Å². The number of ether oxygens (including phenoxy) is 1. The number of nitrogens with zero attached hydrogens (tertiary/aromatic N) is 2. The Balaban J connectivity index is 1.90. The fourth-order valence-corrected chi connectivity index (χ4v) is 1.96. The van der Waals surface area contributed by atoms with Crippen LogP contribution in [0.15, 0.2) is 53.9 Å². The normalized spacial score (nSPS) is 11.4. The molecule has 1 aromatic heterocycles. The summed E-state index contributed by atoms with van der Waals surface area (Å²) in [5, 5.41) is 4.11. The van der Waals surface area contributed by atoms with E-state index in [4.69, 9.17) is 4.74 Å². The lowest BCUT2D eigenvalue weighted by molar-refractivity contribution is 0.0955. The molecule has 0 atom stereocenters. The molecule has 2 aromatic rings. The second-order valence-electron chi connectivity index (χ2n) is 5.94. The lowest BCUT2D eigenvalue weighted by Gasteiger charge is -2.08. The van der Waals surface area contributed by atoms with Gasteiger partial charge in [0.05, 0.1) is 12.3 Å². The van der Waals surface area contributed by atoms with Gasteiger partial charge in [-0.15, -0.1) is 0 Å². The molecule has 5 heteroatoms. The highest BCUT2D eigenvalue weighted by molar-refractivity contribution is 6.00. The Labute approximate surface area is 142 Å². The summed E-state index contributed by atoms with van der Waals surface area (Å²) < 4.78 is 5.64. The van der Waals surface area contributed by atoms with E-state index in [0.717, 1.165) is 17.7 Å². The third kappa shape index (κ3) is 5.50.